The van der Waals surface area contributed by atoms with E-state index in [1.54, 1.807) is 31.2 Å². The molecule has 1 heterocycles. The molecule has 0 amide bonds. The lowest BCUT2D eigenvalue weighted by atomic mass is 10.1. The molecule has 6 heteroatoms. The van der Waals surface area contributed by atoms with Gasteiger partial charge in [-0.2, -0.15) is 0 Å². The number of hydrogen-bond donors (Lipinski definition) is 0. The van der Waals surface area contributed by atoms with Crippen LogP contribution in [0.1, 0.15) is 12.5 Å². The SMILES string of the molecule is CCOC(=O)/C=C/c1cn(C)c2cccc(Oc3cccc(Cl)c3Cl)c12. The second-order valence-corrected chi connectivity index (χ2v) is 6.37. The van der Waals surface area contributed by atoms with Gasteiger partial charge in [-0.15, -0.1) is 0 Å². The Balaban J connectivity index is 2.06. The van der Waals surface area contributed by atoms with Gasteiger partial charge in [-0.05, 0) is 37.3 Å². The molecule has 1 aromatic heterocycles. The molecule has 0 bridgehead atoms. The Morgan fingerprint density at radius 2 is 1.88 bits per heavy atom. The first-order chi connectivity index (χ1) is 12.5. The highest BCUT2D eigenvalue weighted by molar-refractivity contribution is 6.42. The summed E-state index contributed by atoms with van der Waals surface area (Å²) in [6.07, 6.45) is 5.04. The van der Waals surface area contributed by atoms with Gasteiger partial charge in [0.25, 0.3) is 0 Å². The van der Waals surface area contributed by atoms with Gasteiger partial charge >= 0.3 is 5.97 Å². The van der Waals surface area contributed by atoms with Crippen molar-refractivity contribution in [3.63, 3.8) is 0 Å². The van der Waals surface area contributed by atoms with E-state index in [0.717, 1.165) is 16.5 Å². The van der Waals surface area contributed by atoms with E-state index in [9.17, 15) is 4.79 Å². The molecule has 0 spiro atoms. The van der Waals surface area contributed by atoms with E-state index < -0.39 is 0 Å². The third kappa shape index (κ3) is 3.71. The molecule has 0 N–H and O–H groups in total. The van der Waals surface area contributed by atoms with E-state index in [0.29, 0.717) is 28.2 Å². The number of benzene rings is 2. The van der Waals surface area contributed by atoms with Gasteiger partial charge in [0.1, 0.15) is 16.5 Å². The van der Waals surface area contributed by atoms with Gasteiger partial charge in [0.15, 0.2) is 0 Å². The van der Waals surface area contributed by atoms with Crippen LogP contribution in [0.15, 0.2) is 48.7 Å². The molecule has 0 atom stereocenters. The number of carbonyl (C=O) groups excluding carboxylic acids is 1. The number of rotatable bonds is 5. The number of aryl methyl sites for hydroxylation is 1. The lowest BCUT2D eigenvalue weighted by Crippen LogP contribution is -1.98. The highest BCUT2D eigenvalue weighted by Crippen LogP contribution is 2.38. The molecule has 0 aliphatic rings. The number of halogens is 2. The predicted molar refractivity (Wildman–Crippen MR) is 105 cm³/mol. The zero-order chi connectivity index (χ0) is 18.7. The van der Waals surface area contributed by atoms with E-state index in [1.807, 2.05) is 36.0 Å². The van der Waals surface area contributed by atoms with Gasteiger partial charge in [0, 0.05) is 30.3 Å². The highest BCUT2D eigenvalue weighted by Gasteiger charge is 2.13. The Labute approximate surface area is 161 Å². The van der Waals surface area contributed by atoms with E-state index in [-0.39, 0.29) is 5.97 Å². The normalized spacial score (nSPS) is 11.2. The van der Waals surface area contributed by atoms with Crippen LogP contribution in [0.25, 0.3) is 17.0 Å². The number of esters is 1. The lowest BCUT2D eigenvalue weighted by Gasteiger charge is -2.10. The van der Waals surface area contributed by atoms with Crippen molar-refractivity contribution in [1.82, 2.24) is 4.57 Å². The number of carbonyl (C=O) groups is 1. The zero-order valence-corrected chi connectivity index (χ0v) is 15.8. The zero-order valence-electron chi connectivity index (χ0n) is 14.3. The number of nitrogens with zero attached hydrogens (tertiary/aromatic N) is 1. The monoisotopic (exact) mass is 389 g/mol. The molecule has 0 fully saturated rings. The van der Waals surface area contributed by atoms with Crippen LogP contribution in [0.5, 0.6) is 11.5 Å². The number of aromatic nitrogens is 1. The minimum Gasteiger partial charge on any atom is -0.463 e. The minimum absolute atomic E-state index is 0.334. The summed E-state index contributed by atoms with van der Waals surface area (Å²) < 4.78 is 12.9. The van der Waals surface area contributed by atoms with Gasteiger partial charge in [0.05, 0.1) is 17.1 Å². The van der Waals surface area contributed by atoms with Gasteiger partial charge in [-0.3, -0.25) is 0 Å². The van der Waals surface area contributed by atoms with Crippen molar-refractivity contribution in [2.45, 2.75) is 6.92 Å². The highest BCUT2D eigenvalue weighted by atomic mass is 35.5. The standard InChI is InChI=1S/C20H17Cl2NO3/c1-3-25-18(24)11-10-13-12-23(2)15-7-5-8-16(19(13)15)26-17-9-4-6-14(21)20(17)22/h4-12H,3H2,1-2H3/b11-10+. The Bertz CT molecular complexity index is 992. The summed E-state index contributed by atoms with van der Waals surface area (Å²) >= 11 is 12.3. The Hall–Kier alpha value is -2.43. The van der Waals surface area contributed by atoms with Crippen LogP contribution in [0.4, 0.5) is 0 Å². The lowest BCUT2D eigenvalue weighted by molar-refractivity contribution is -0.137. The molecule has 3 rings (SSSR count). The van der Waals surface area contributed by atoms with E-state index in [2.05, 4.69) is 0 Å². The molecule has 2 aromatic carbocycles. The molecule has 0 radical (unpaired) electrons. The maximum Gasteiger partial charge on any atom is 0.330 e. The van der Waals surface area contributed by atoms with Gasteiger partial charge in [-0.1, -0.05) is 35.3 Å². The molecule has 0 aliphatic heterocycles. The summed E-state index contributed by atoms with van der Waals surface area (Å²) in [6, 6.07) is 11.0. The second kappa shape index (κ2) is 7.85. The smallest absolute Gasteiger partial charge is 0.330 e. The van der Waals surface area contributed by atoms with Crippen molar-refractivity contribution in [3.8, 4) is 11.5 Å². The molecule has 0 saturated heterocycles. The van der Waals surface area contributed by atoms with Crippen molar-refractivity contribution in [1.29, 1.82) is 0 Å². The summed E-state index contributed by atoms with van der Waals surface area (Å²) in [5, 5.41) is 1.64. The van der Waals surface area contributed by atoms with E-state index in [1.165, 1.54) is 6.08 Å². The van der Waals surface area contributed by atoms with Crippen molar-refractivity contribution in [2.75, 3.05) is 6.61 Å². The Morgan fingerprint density at radius 3 is 2.65 bits per heavy atom. The van der Waals surface area contributed by atoms with Crippen LogP contribution in [-0.2, 0) is 16.6 Å². The third-order valence-corrected chi connectivity index (χ3v) is 4.63. The molecule has 134 valence electrons. The number of ether oxygens (including phenoxy) is 2. The van der Waals surface area contributed by atoms with E-state index >= 15 is 0 Å². The van der Waals surface area contributed by atoms with Crippen LogP contribution in [0.2, 0.25) is 10.0 Å². The second-order valence-electron chi connectivity index (χ2n) is 5.59. The molecule has 0 aliphatic carbocycles. The predicted octanol–water partition coefficient (Wildman–Crippen LogP) is 5.85. The maximum absolute atomic E-state index is 11.6. The molecular weight excluding hydrogens is 373 g/mol. The fourth-order valence-corrected chi connectivity index (χ4v) is 3.02. The van der Waals surface area contributed by atoms with Gasteiger partial charge < -0.3 is 14.0 Å². The molecule has 26 heavy (non-hydrogen) atoms. The molecule has 0 unspecified atom stereocenters. The topological polar surface area (TPSA) is 40.5 Å². The summed E-state index contributed by atoms with van der Waals surface area (Å²) in [5.74, 6) is 0.701. The largest absolute Gasteiger partial charge is 0.463 e. The van der Waals surface area contributed by atoms with Gasteiger partial charge in [-0.25, -0.2) is 4.79 Å². The fraction of sp³-hybridized carbons (Fsp3) is 0.150. The Kier molecular flexibility index (Phi) is 5.55. The number of hydrogen-bond acceptors (Lipinski definition) is 3. The van der Waals surface area contributed by atoms with Crippen LogP contribution < -0.4 is 4.74 Å². The average molecular weight is 390 g/mol. The summed E-state index contributed by atoms with van der Waals surface area (Å²) in [7, 11) is 1.93. The third-order valence-electron chi connectivity index (χ3n) is 3.83. The summed E-state index contributed by atoms with van der Waals surface area (Å²) in [6.45, 7) is 2.10. The van der Waals surface area contributed by atoms with Crippen molar-refractivity contribution >= 4 is 46.2 Å². The first kappa shape index (κ1) is 18.4. The van der Waals surface area contributed by atoms with E-state index in [4.69, 9.17) is 32.7 Å². The quantitative estimate of drug-likeness (QED) is 0.405. The van der Waals surface area contributed by atoms with Crippen LogP contribution in [0.3, 0.4) is 0 Å². The number of fused-ring (bicyclic) bond motifs is 1. The minimum atomic E-state index is -0.388. The van der Waals surface area contributed by atoms with Crippen LogP contribution in [-0.4, -0.2) is 17.1 Å². The molecular formula is C20H17Cl2NO3. The first-order valence-corrected chi connectivity index (χ1v) is 8.81. The summed E-state index contributed by atoms with van der Waals surface area (Å²) in [5.41, 5.74) is 1.80. The fourth-order valence-electron chi connectivity index (χ4n) is 2.69. The molecule has 0 saturated carbocycles. The van der Waals surface area contributed by atoms with Crippen LogP contribution >= 0.6 is 23.2 Å². The van der Waals surface area contributed by atoms with Gasteiger partial charge in [0.2, 0.25) is 0 Å². The maximum atomic E-state index is 11.6. The van der Waals surface area contributed by atoms with Crippen molar-refractivity contribution < 1.29 is 14.3 Å². The Morgan fingerprint density at radius 1 is 1.15 bits per heavy atom. The van der Waals surface area contributed by atoms with Crippen LogP contribution in [0, 0.1) is 0 Å². The molecule has 3 aromatic rings. The first-order valence-electron chi connectivity index (χ1n) is 8.06. The average Bonchev–Trinajstić information content (AvgIpc) is 2.95. The van der Waals surface area contributed by atoms with Crippen molar-refractivity contribution in [3.05, 3.63) is 64.3 Å². The summed E-state index contributed by atoms with van der Waals surface area (Å²) in [4.78, 5) is 11.6. The molecule has 4 nitrogen and oxygen atoms in total. The van der Waals surface area contributed by atoms with Crippen molar-refractivity contribution in [2.24, 2.45) is 7.05 Å².